The Morgan fingerprint density at radius 2 is 2.00 bits per heavy atom. The molecule has 0 heterocycles. The highest BCUT2D eigenvalue weighted by atomic mass is 79.9. The predicted octanol–water partition coefficient (Wildman–Crippen LogP) is 2.01. The summed E-state index contributed by atoms with van der Waals surface area (Å²) in [7, 11) is 0. The van der Waals surface area contributed by atoms with Crippen LogP contribution in [-0.4, -0.2) is 6.54 Å². The van der Waals surface area contributed by atoms with Crippen molar-refractivity contribution in [3.8, 4) is 6.07 Å². The second-order valence-corrected chi connectivity index (χ2v) is 3.38. The Bertz CT molecular complexity index is 286. The van der Waals surface area contributed by atoms with Gasteiger partial charge in [-0.3, -0.25) is 0 Å². The van der Waals surface area contributed by atoms with E-state index in [4.69, 9.17) is 11.0 Å². The van der Waals surface area contributed by atoms with Crippen molar-refractivity contribution in [3.05, 3.63) is 34.3 Å². The van der Waals surface area contributed by atoms with Gasteiger partial charge in [-0.15, -0.1) is 0 Å². The molecule has 0 amide bonds. The number of hydrogen-bond donors (Lipinski definition) is 1. The Morgan fingerprint density at radius 1 is 1.42 bits per heavy atom. The molecular formula is C9H9BrN2. The van der Waals surface area contributed by atoms with Crippen molar-refractivity contribution < 1.29 is 0 Å². The molecule has 0 aliphatic carbocycles. The molecule has 0 aliphatic rings. The van der Waals surface area contributed by atoms with Gasteiger partial charge in [0.25, 0.3) is 0 Å². The summed E-state index contributed by atoms with van der Waals surface area (Å²) in [6.07, 6.45) is 0. The van der Waals surface area contributed by atoms with Gasteiger partial charge in [0.05, 0.1) is 12.0 Å². The highest BCUT2D eigenvalue weighted by Crippen LogP contribution is 2.16. The fourth-order valence-corrected chi connectivity index (χ4v) is 1.22. The lowest BCUT2D eigenvalue weighted by Crippen LogP contribution is -2.10. The lowest BCUT2D eigenvalue weighted by atomic mass is 10.0. The van der Waals surface area contributed by atoms with Crippen LogP contribution in [0.15, 0.2) is 28.7 Å². The molecule has 1 rings (SSSR count). The van der Waals surface area contributed by atoms with Crippen LogP contribution in [0, 0.1) is 11.3 Å². The third-order valence-corrected chi connectivity index (χ3v) is 2.19. The van der Waals surface area contributed by atoms with Crippen LogP contribution >= 0.6 is 15.9 Å². The minimum atomic E-state index is -0.182. The van der Waals surface area contributed by atoms with E-state index in [0.717, 1.165) is 10.0 Å². The van der Waals surface area contributed by atoms with Gasteiger partial charge in [-0.1, -0.05) is 28.1 Å². The molecule has 1 aromatic carbocycles. The smallest absolute Gasteiger partial charge is 0.0834 e. The van der Waals surface area contributed by atoms with Crippen molar-refractivity contribution in [3.63, 3.8) is 0 Å². The van der Waals surface area contributed by atoms with Gasteiger partial charge in [0, 0.05) is 11.0 Å². The summed E-state index contributed by atoms with van der Waals surface area (Å²) in [4.78, 5) is 0. The molecule has 0 saturated heterocycles. The molecule has 0 bridgehead atoms. The highest BCUT2D eigenvalue weighted by Gasteiger charge is 2.06. The average Bonchev–Trinajstić information content (AvgIpc) is 2.10. The normalized spacial score (nSPS) is 12.1. The van der Waals surface area contributed by atoms with Crippen molar-refractivity contribution in [1.29, 1.82) is 5.26 Å². The first-order valence-electron chi connectivity index (χ1n) is 3.63. The molecule has 1 aromatic rings. The molecule has 62 valence electrons. The summed E-state index contributed by atoms with van der Waals surface area (Å²) >= 11 is 3.32. The Hall–Kier alpha value is -0.850. The standard InChI is InChI=1S/C9H9BrN2/c10-9-3-1-7(2-4-9)8(5-11)6-12/h1-4,8H,5,11H2. The Labute approximate surface area is 80.1 Å². The second kappa shape index (κ2) is 4.24. The molecule has 12 heavy (non-hydrogen) atoms. The van der Waals surface area contributed by atoms with Gasteiger partial charge in [0.1, 0.15) is 0 Å². The van der Waals surface area contributed by atoms with E-state index < -0.39 is 0 Å². The first-order valence-corrected chi connectivity index (χ1v) is 4.42. The number of hydrogen-bond acceptors (Lipinski definition) is 2. The number of halogens is 1. The summed E-state index contributed by atoms with van der Waals surface area (Å²) in [5.74, 6) is -0.182. The maximum Gasteiger partial charge on any atom is 0.0834 e. The van der Waals surface area contributed by atoms with E-state index in [1.807, 2.05) is 24.3 Å². The summed E-state index contributed by atoms with van der Waals surface area (Å²) in [5.41, 5.74) is 6.39. The molecule has 2 N–H and O–H groups in total. The number of nitrogens with two attached hydrogens (primary N) is 1. The van der Waals surface area contributed by atoms with Crippen LogP contribution in [0.5, 0.6) is 0 Å². The van der Waals surface area contributed by atoms with Gasteiger partial charge in [-0.05, 0) is 17.7 Å². The summed E-state index contributed by atoms with van der Waals surface area (Å²) in [5, 5.41) is 8.71. The maximum absolute atomic E-state index is 8.71. The molecule has 1 atom stereocenters. The predicted molar refractivity (Wildman–Crippen MR) is 51.6 cm³/mol. The fourth-order valence-electron chi connectivity index (χ4n) is 0.958. The van der Waals surface area contributed by atoms with Crippen LogP contribution in [0.1, 0.15) is 11.5 Å². The molecule has 0 radical (unpaired) electrons. The first-order chi connectivity index (χ1) is 5.77. The van der Waals surface area contributed by atoms with E-state index in [1.165, 1.54) is 0 Å². The fraction of sp³-hybridized carbons (Fsp3) is 0.222. The number of rotatable bonds is 2. The van der Waals surface area contributed by atoms with Crippen molar-refractivity contribution in [1.82, 2.24) is 0 Å². The first kappa shape index (κ1) is 9.24. The van der Waals surface area contributed by atoms with Crippen LogP contribution in [0.2, 0.25) is 0 Å². The van der Waals surface area contributed by atoms with E-state index in [-0.39, 0.29) is 5.92 Å². The zero-order valence-corrected chi connectivity index (χ0v) is 8.08. The number of nitriles is 1. The van der Waals surface area contributed by atoms with Gasteiger partial charge in [-0.2, -0.15) is 5.26 Å². The molecule has 0 aliphatic heterocycles. The maximum atomic E-state index is 8.71. The van der Waals surface area contributed by atoms with Gasteiger partial charge >= 0.3 is 0 Å². The Kier molecular flexibility index (Phi) is 3.27. The molecular weight excluding hydrogens is 216 g/mol. The SMILES string of the molecule is N#CC(CN)c1ccc(Br)cc1. The third-order valence-electron chi connectivity index (χ3n) is 1.66. The molecule has 2 nitrogen and oxygen atoms in total. The molecule has 0 saturated carbocycles. The minimum Gasteiger partial charge on any atom is -0.329 e. The molecule has 0 fully saturated rings. The summed E-state index contributed by atoms with van der Waals surface area (Å²) in [6.45, 7) is 0.373. The largest absolute Gasteiger partial charge is 0.329 e. The monoisotopic (exact) mass is 224 g/mol. The zero-order chi connectivity index (χ0) is 8.97. The van der Waals surface area contributed by atoms with Gasteiger partial charge in [-0.25, -0.2) is 0 Å². The molecule has 3 heteroatoms. The molecule has 0 aromatic heterocycles. The quantitative estimate of drug-likeness (QED) is 0.836. The van der Waals surface area contributed by atoms with Crippen LogP contribution < -0.4 is 5.73 Å². The van der Waals surface area contributed by atoms with E-state index in [2.05, 4.69) is 22.0 Å². The lowest BCUT2D eigenvalue weighted by molar-refractivity contribution is 0.862. The minimum absolute atomic E-state index is 0.182. The van der Waals surface area contributed by atoms with E-state index >= 15 is 0 Å². The Morgan fingerprint density at radius 3 is 2.42 bits per heavy atom. The van der Waals surface area contributed by atoms with Gasteiger partial charge < -0.3 is 5.73 Å². The van der Waals surface area contributed by atoms with Crippen molar-refractivity contribution in [2.75, 3.05) is 6.54 Å². The average molecular weight is 225 g/mol. The topological polar surface area (TPSA) is 49.8 Å². The highest BCUT2D eigenvalue weighted by molar-refractivity contribution is 9.10. The lowest BCUT2D eigenvalue weighted by Gasteiger charge is -2.04. The van der Waals surface area contributed by atoms with Crippen LogP contribution in [0.4, 0.5) is 0 Å². The Balaban J connectivity index is 2.89. The van der Waals surface area contributed by atoms with Crippen molar-refractivity contribution in [2.45, 2.75) is 5.92 Å². The third kappa shape index (κ3) is 2.07. The summed E-state index contributed by atoms with van der Waals surface area (Å²) in [6, 6.07) is 9.79. The van der Waals surface area contributed by atoms with E-state index in [1.54, 1.807) is 0 Å². The molecule has 0 spiro atoms. The summed E-state index contributed by atoms with van der Waals surface area (Å²) < 4.78 is 1.01. The number of nitrogens with zero attached hydrogens (tertiary/aromatic N) is 1. The van der Waals surface area contributed by atoms with Crippen molar-refractivity contribution in [2.24, 2.45) is 5.73 Å². The molecule has 1 unspecified atom stereocenters. The van der Waals surface area contributed by atoms with E-state index in [0.29, 0.717) is 6.54 Å². The van der Waals surface area contributed by atoms with Gasteiger partial charge in [0.15, 0.2) is 0 Å². The van der Waals surface area contributed by atoms with Crippen LogP contribution in [-0.2, 0) is 0 Å². The van der Waals surface area contributed by atoms with Gasteiger partial charge in [0.2, 0.25) is 0 Å². The number of benzene rings is 1. The van der Waals surface area contributed by atoms with Crippen LogP contribution in [0.3, 0.4) is 0 Å². The zero-order valence-electron chi connectivity index (χ0n) is 6.50. The van der Waals surface area contributed by atoms with Crippen molar-refractivity contribution >= 4 is 15.9 Å². The van der Waals surface area contributed by atoms with E-state index in [9.17, 15) is 0 Å². The van der Waals surface area contributed by atoms with Crippen LogP contribution in [0.25, 0.3) is 0 Å². The second-order valence-electron chi connectivity index (χ2n) is 2.47.